The van der Waals surface area contributed by atoms with Gasteiger partial charge in [0.1, 0.15) is 4.51 Å². The Hall–Kier alpha value is -1.68. The average Bonchev–Trinajstić information content (AvgIpc) is 2.37. The lowest BCUT2D eigenvalue weighted by Crippen LogP contribution is -2.20. The van der Waals surface area contributed by atoms with E-state index in [1.807, 2.05) is 57.1 Å². The Balaban J connectivity index is 2.40. The molecule has 0 amide bonds. The lowest BCUT2D eigenvalue weighted by atomic mass is 10.00. The highest BCUT2D eigenvalue weighted by Gasteiger charge is 2.21. The summed E-state index contributed by atoms with van der Waals surface area (Å²) < 4.78 is 5.91. The summed E-state index contributed by atoms with van der Waals surface area (Å²) in [7, 11) is 3.97. The second-order valence-corrected chi connectivity index (χ2v) is 5.38. The average molecular weight is 275 g/mol. The van der Waals surface area contributed by atoms with Crippen molar-refractivity contribution in [2.75, 3.05) is 19.0 Å². The van der Waals surface area contributed by atoms with Crippen molar-refractivity contribution in [1.29, 1.82) is 0 Å². The van der Waals surface area contributed by atoms with Crippen molar-refractivity contribution in [2.45, 2.75) is 20.0 Å². The highest BCUT2D eigenvalue weighted by molar-refractivity contribution is 7.71. The minimum Gasteiger partial charge on any atom is -0.486 e. The van der Waals surface area contributed by atoms with Gasteiger partial charge in [0.15, 0.2) is 5.75 Å². The van der Waals surface area contributed by atoms with E-state index in [4.69, 9.17) is 17.0 Å². The Bertz CT molecular complexity index is 650. The highest BCUT2D eigenvalue weighted by atomic mass is 32.1. The van der Waals surface area contributed by atoms with Crippen LogP contribution in [0.25, 0.3) is 11.1 Å². The number of benzene rings is 1. The Labute approximate surface area is 118 Å². The van der Waals surface area contributed by atoms with E-state index in [1.165, 1.54) is 0 Å². The van der Waals surface area contributed by atoms with E-state index in [-0.39, 0.29) is 11.5 Å². The first kappa shape index (κ1) is 13.7. The summed E-state index contributed by atoms with van der Waals surface area (Å²) in [6, 6.07) is 7.93. The van der Waals surface area contributed by atoms with Gasteiger partial charge in [0.05, 0.1) is 11.7 Å². The van der Waals surface area contributed by atoms with Crippen molar-refractivity contribution in [1.82, 2.24) is 0 Å². The molecule has 2 aromatic rings. The van der Waals surface area contributed by atoms with Crippen LogP contribution >= 0.6 is 12.2 Å². The Morgan fingerprint density at radius 2 is 1.74 bits per heavy atom. The number of nitrogens with zero attached hydrogens (tertiary/aromatic N) is 1. The van der Waals surface area contributed by atoms with Gasteiger partial charge in [0, 0.05) is 19.8 Å². The molecule has 0 aliphatic carbocycles. The number of hydrogen-bond acceptors (Lipinski definition) is 4. The zero-order valence-electron chi connectivity index (χ0n) is 11.6. The fraction of sp³-hybridized carbons (Fsp3) is 0.333. The molecule has 3 nitrogen and oxygen atoms in total. The summed E-state index contributed by atoms with van der Waals surface area (Å²) in [5.41, 5.74) is 2.65. The van der Waals surface area contributed by atoms with Gasteiger partial charge in [0.25, 0.3) is 0 Å². The minimum atomic E-state index is -0.157. The molecule has 0 saturated heterocycles. The van der Waals surface area contributed by atoms with Gasteiger partial charge >= 0.3 is 0 Å². The molecule has 0 aliphatic rings. The standard InChI is InChI=1S/C15H17NO2S/c1-9(2)18-14-12(15(19)13(14)17)10-5-7-11(8-6-10)16(3)4/h5-9H,1-4H3. The molecule has 2 rings (SSSR count). The van der Waals surface area contributed by atoms with Crippen LogP contribution in [0.2, 0.25) is 0 Å². The second-order valence-electron chi connectivity index (χ2n) is 4.97. The first-order chi connectivity index (χ1) is 8.91. The van der Waals surface area contributed by atoms with Crippen LogP contribution in [-0.4, -0.2) is 20.2 Å². The number of anilines is 1. The molecular weight excluding hydrogens is 258 g/mol. The molecule has 2 aromatic carbocycles. The number of rotatable bonds is 4. The predicted octanol–water partition coefficient (Wildman–Crippen LogP) is 3.17. The van der Waals surface area contributed by atoms with Crippen LogP contribution in [-0.2, 0) is 0 Å². The summed E-state index contributed by atoms with van der Waals surface area (Å²) in [4.78, 5) is 13.7. The van der Waals surface area contributed by atoms with Crippen molar-refractivity contribution < 1.29 is 4.74 Å². The third kappa shape index (κ3) is 2.54. The summed E-state index contributed by atoms with van der Waals surface area (Å²) in [6.45, 7) is 3.79. The third-order valence-electron chi connectivity index (χ3n) is 2.89. The Morgan fingerprint density at radius 3 is 2.21 bits per heavy atom. The van der Waals surface area contributed by atoms with E-state index in [9.17, 15) is 4.79 Å². The maximum Gasteiger partial charge on any atom is 0.239 e. The maximum atomic E-state index is 11.7. The summed E-state index contributed by atoms with van der Waals surface area (Å²) >= 11 is 5.13. The SMILES string of the molecule is CC(C)Oc1c(-c2ccc(N(C)C)cc2)c(=S)c1=O. The van der Waals surface area contributed by atoms with Gasteiger partial charge in [-0.15, -0.1) is 0 Å². The second kappa shape index (κ2) is 5.13. The van der Waals surface area contributed by atoms with Crippen molar-refractivity contribution in [3.63, 3.8) is 0 Å². The molecule has 0 unspecified atom stereocenters. The van der Waals surface area contributed by atoms with Crippen LogP contribution in [0.4, 0.5) is 5.69 Å². The smallest absolute Gasteiger partial charge is 0.239 e. The molecule has 0 spiro atoms. The summed E-state index contributed by atoms with van der Waals surface area (Å²) in [5.74, 6) is 0.401. The van der Waals surface area contributed by atoms with Crippen LogP contribution in [0.15, 0.2) is 29.1 Å². The predicted molar refractivity (Wildman–Crippen MR) is 81.4 cm³/mol. The molecule has 0 saturated carbocycles. The van der Waals surface area contributed by atoms with E-state index in [0.717, 1.165) is 16.8 Å². The van der Waals surface area contributed by atoms with Gasteiger partial charge in [-0.05, 0) is 31.5 Å². The van der Waals surface area contributed by atoms with Gasteiger partial charge < -0.3 is 9.64 Å². The third-order valence-corrected chi connectivity index (χ3v) is 3.28. The molecule has 0 radical (unpaired) electrons. The first-order valence-corrected chi connectivity index (χ1v) is 6.60. The normalized spacial score (nSPS) is 11.0. The minimum absolute atomic E-state index is 0.0295. The molecule has 0 fully saturated rings. The van der Waals surface area contributed by atoms with Crippen LogP contribution < -0.4 is 15.1 Å². The molecular formula is C15H17NO2S. The van der Waals surface area contributed by atoms with Crippen LogP contribution in [0.5, 0.6) is 5.75 Å². The topological polar surface area (TPSA) is 29.5 Å². The van der Waals surface area contributed by atoms with Gasteiger partial charge in [-0.1, -0.05) is 24.4 Å². The molecule has 0 aromatic heterocycles. The summed E-state index contributed by atoms with van der Waals surface area (Å²) in [5, 5.41) is 0. The van der Waals surface area contributed by atoms with Crippen LogP contribution in [0.3, 0.4) is 0 Å². The molecule has 0 heterocycles. The van der Waals surface area contributed by atoms with Gasteiger partial charge in [0.2, 0.25) is 5.43 Å². The fourth-order valence-corrected chi connectivity index (χ4v) is 2.21. The first-order valence-electron chi connectivity index (χ1n) is 6.19. The lowest BCUT2D eigenvalue weighted by Gasteiger charge is -2.17. The van der Waals surface area contributed by atoms with Crippen molar-refractivity contribution >= 4 is 17.9 Å². The molecule has 100 valence electrons. The van der Waals surface area contributed by atoms with Crippen molar-refractivity contribution in [3.05, 3.63) is 39.0 Å². The van der Waals surface area contributed by atoms with E-state index < -0.39 is 0 Å². The molecule has 0 N–H and O–H groups in total. The number of hydrogen-bond donors (Lipinski definition) is 0. The van der Waals surface area contributed by atoms with Crippen molar-refractivity contribution in [3.8, 4) is 16.9 Å². The van der Waals surface area contributed by atoms with E-state index in [1.54, 1.807) is 0 Å². The molecule has 0 bridgehead atoms. The van der Waals surface area contributed by atoms with Crippen molar-refractivity contribution in [2.24, 2.45) is 0 Å². The van der Waals surface area contributed by atoms with E-state index >= 15 is 0 Å². The maximum absolute atomic E-state index is 11.7. The summed E-state index contributed by atoms with van der Waals surface area (Å²) in [6.07, 6.45) is -0.0295. The quantitative estimate of drug-likeness (QED) is 0.802. The van der Waals surface area contributed by atoms with Gasteiger partial charge in [-0.25, -0.2) is 0 Å². The molecule has 0 aliphatic heterocycles. The van der Waals surface area contributed by atoms with Crippen LogP contribution in [0.1, 0.15) is 13.8 Å². The fourth-order valence-electron chi connectivity index (χ4n) is 1.91. The molecule has 0 atom stereocenters. The van der Waals surface area contributed by atoms with Crippen LogP contribution in [0, 0.1) is 4.51 Å². The number of ether oxygens (including phenoxy) is 1. The molecule has 4 heteroatoms. The molecule has 19 heavy (non-hydrogen) atoms. The Morgan fingerprint density at radius 1 is 1.16 bits per heavy atom. The van der Waals surface area contributed by atoms with E-state index in [0.29, 0.717) is 10.3 Å². The highest BCUT2D eigenvalue weighted by Crippen LogP contribution is 2.33. The van der Waals surface area contributed by atoms with E-state index in [2.05, 4.69) is 0 Å². The zero-order chi connectivity index (χ0) is 14.2. The zero-order valence-corrected chi connectivity index (χ0v) is 12.4. The monoisotopic (exact) mass is 275 g/mol. The Kier molecular flexibility index (Phi) is 3.71. The van der Waals surface area contributed by atoms with Gasteiger partial charge in [-0.3, -0.25) is 4.79 Å². The lowest BCUT2D eigenvalue weighted by molar-refractivity contribution is 0.239. The largest absolute Gasteiger partial charge is 0.486 e. The van der Waals surface area contributed by atoms with Gasteiger partial charge in [-0.2, -0.15) is 0 Å².